The summed E-state index contributed by atoms with van der Waals surface area (Å²) in [4.78, 5) is 26.5. The van der Waals surface area contributed by atoms with E-state index >= 15 is 0 Å². The molecule has 3 N–H and O–H groups in total. The summed E-state index contributed by atoms with van der Waals surface area (Å²) >= 11 is 3.22. The van der Waals surface area contributed by atoms with Crippen LogP contribution in [0.25, 0.3) is 0 Å². The number of aliphatic hydroxyl groups excluding tert-OH is 1. The Morgan fingerprint density at radius 1 is 0.800 bits per heavy atom. The molecule has 0 heterocycles. The van der Waals surface area contributed by atoms with E-state index in [2.05, 4.69) is 26.6 Å². The third-order valence-electron chi connectivity index (χ3n) is 5.59. The van der Waals surface area contributed by atoms with E-state index in [0.717, 1.165) is 36.4 Å². The van der Waals surface area contributed by atoms with E-state index in [0.29, 0.717) is 12.1 Å². The molecule has 0 aliphatic heterocycles. The SMILES string of the molecule is COc1cc(C(O)C(C(=O)Nc2cccc(C(F)(F)F)c2)C(=O)Nc2cccc(C(F)(F)F)c2)cc(Br)c1OC. The number of hydrogen-bond donors (Lipinski definition) is 3. The Hall–Kier alpha value is -3.78. The number of ether oxygens (including phenoxy) is 2. The fourth-order valence-corrected chi connectivity index (χ4v) is 4.32. The number of carbonyl (C=O) groups is 2. The van der Waals surface area contributed by atoms with Gasteiger partial charge in [0.1, 0.15) is 5.92 Å². The molecule has 14 heteroatoms. The highest BCUT2D eigenvalue weighted by Crippen LogP contribution is 2.40. The molecule has 40 heavy (non-hydrogen) atoms. The monoisotopic (exact) mass is 634 g/mol. The van der Waals surface area contributed by atoms with Crippen molar-refractivity contribution in [2.24, 2.45) is 5.92 Å². The zero-order valence-corrected chi connectivity index (χ0v) is 22.2. The Morgan fingerprint density at radius 2 is 1.27 bits per heavy atom. The minimum atomic E-state index is -4.73. The van der Waals surface area contributed by atoms with Crippen LogP contribution in [0.1, 0.15) is 22.8 Å². The standard InChI is InChI=1S/C26H21BrF6N2O5/c1-39-19-10-13(9-18(27)22(19)40-2)21(36)20(23(37)34-16-7-3-5-14(11-16)25(28,29)30)24(38)35-17-8-4-6-15(12-17)26(31,32)33/h3-12,20-21,36H,1-2H3,(H,34,37)(H,35,38). The molecule has 3 rings (SSSR count). The van der Waals surface area contributed by atoms with Crippen molar-refractivity contribution in [3.05, 3.63) is 81.8 Å². The smallest absolute Gasteiger partial charge is 0.416 e. The van der Waals surface area contributed by atoms with Gasteiger partial charge in [0.2, 0.25) is 11.8 Å². The maximum Gasteiger partial charge on any atom is 0.416 e. The summed E-state index contributed by atoms with van der Waals surface area (Å²) < 4.78 is 89.6. The van der Waals surface area contributed by atoms with Crippen LogP contribution in [0.2, 0.25) is 0 Å². The van der Waals surface area contributed by atoms with Crippen LogP contribution in [0, 0.1) is 5.92 Å². The lowest BCUT2D eigenvalue weighted by Gasteiger charge is -2.24. The molecule has 3 aromatic carbocycles. The predicted octanol–water partition coefficient (Wildman–Crippen LogP) is 6.43. The number of benzene rings is 3. The highest BCUT2D eigenvalue weighted by molar-refractivity contribution is 9.10. The van der Waals surface area contributed by atoms with Gasteiger partial charge in [0.25, 0.3) is 0 Å². The van der Waals surface area contributed by atoms with E-state index in [4.69, 9.17) is 9.47 Å². The highest BCUT2D eigenvalue weighted by atomic mass is 79.9. The van der Waals surface area contributed by atoms with Crippen molar-refractivity contribution in [1.82, 2.24) is 0 Å². The summed E-state index contributed by atoms with van der Waals surface area (Å²) in [6, 6.07) is 9.67. The third-order valence-corrected chi connectivity index (χ3v) is 6.18. The first kappa shape index (κ1) is 30.8. The van der Waals surface area contributed by atoms with Gasteiger partial charge in [-0.15, -0.1) is 0 Å². The molecule has 214 valence electrons. The molecule has 0 radical (unpaired) electrons. The molecule has 2 amide bonds. The highest BCUT2D eigenvalue weighted by Gasteiger charge is 2.37. The van der Waals surface area contributed by atoms with E-state index in [-0.39, 0.29) is 32.9 Å². The van der Waals surface area contributed by atoms with Gasteiger partial charge in [-0.05, 0) is 70.0 Å². The lowest BCUT2D eigenvalue weighted by atomic mass is 9.93. The summed E-state index contributed by atoms with van der Waals surface area (Å²) in [5.74, 6) is -4.20. The number of nitrogens with one attached hydrogen (secondary N) is 2. The largest absolute Gasteiger partial charge is 0.493 e. The average Bonchev–Trinajstić information content (AvgIpc) is 2.87. The summed E-state index contributed by atoms with van der Waals surface area (Å²) in [6.07, 6.45) is -11.4. The van der Waals surface area contributed by atoms with Gasteiger partial charge < -0.3 is 25.2 Å². The van der Waals surface area contributed by atoms with Crippen molar-refractivity contribution in [1.29, 1.82) is 0 Å². The molecule has 0 saturated heterocycles. The van der Waals surface area contributed by atoms with Crippen LogP contribution in [-0.2, 0) is 21.9 Å². The Labute approximate surface area is 232 Å². The number of amides is 2. The molecule has 0 aliphatic rings. The van der Waals surface area contributed by atoms with Crippen LogP contribution in [-0.4, -0.2) is 31.1 Å². The molecule has 0 spiro atoms. The Morgan fingerprint density at radius 3 is 1.68 bits per heavy atom. The van der Waals surface area contributed by atoms with Crippen LogP contribution in [0.15, 0.2) is 65.1 Å². The number of halogens is 7. The van der Waals surface area contributed by atoms with Crippen LogP contribution >= 0.6 is 15.9 Å². The fraction of sp³-hybridized carbons (Fsp3) is 0.231. The van der Waals surface area contributed by atoms with Crippen LogP contribution in [0.3, 0.4) is 0 Å². The first-order chi connectivity index (χ1) is 18.6. The van der Waals surface area contributed by atoms with Gasteiger partial charge >= 0.3 is 12.4 Å². The lowest BCUT2D eigenvalue weighted by molar-refractivity contribution is -0.138. The van der Waals surface area contributed by atoms with Crippen molar-refractivity contribution in [3.8, 4) is 11.5 Å². The van der Waals surface area contributed by atoms with Gasteiger partial charge in [-0.2, -0.15) is 26.3 Å². The minimum Gasteiger partial charge on any atom is -0.493 e. The molecule has 0 aliphatic carbocycles. The van der Waals surface area contributed by atoms with Crippen molar-refractivity contribution in [2.45, 2.75) is 18.5 Å². The number of carbonyl (C=O) groups excluding carboxylic acids is 2. The molecule has 3 aromatic rings. The average molecular weight is 635 g/mol. The zero-order valence-electron chi connectivity index (χ0n) is 20.7. The molecule has 7 nitrogen and oxygen atoms in total. The quantitative estimate of drug-likeness (QED) is 0.196. The fourth-order valence-electron chi connectivity index (χ4n) is 3.69. The molecule has 0 bridgehead atoms. The maximum absolute atomic E-state index is 13.2. The van der Waals surface area contributed by atoms with Gasteiger partial charge in [0.05, 0.1) is 35.9 Å². The Balaban J connectivity index is 2.02. The van der Waals surface area contributed by atoms with Gasteiger partial charge in [0, 0.05) is 11.4 Å². The first-order valence-corrected chi connectivity index (χ1v) is 12.0. The molecule has 1 unspecified atom stereocenters. The van der Waals surface area contributed by atoms with Crippen molar-refractivity contribution < 1.29 is 50.5 Å². The topological polar surface area (TPSA) is 96.9 Å². The molecule has 0 saturated carbocycles. The summed E-state index contributed by atoms with van der Waals surface area (Å²) in [5.41, 5.74) is -2.89. The van der Waals surface area contributed by atoms with E-state index in [9.17, 15) is 41.0 Å². The van der Waals surface area contributed by atoms with Crippen molar-refractivity contribution >= 4 is 39.1 Å². The van der Waals surface area contributed by atoms with E-state index in [1.165, 1.54) is 26.4 Å². The predicted molar refractivity (Wildman–Crippen MR) is 136 cm³/mol. The van der Waals surface area contributed by atoms with Crippen LogP contribution in [0.4, 0.5) is 37.7 Å². The second-order valence-electron chi connectivity index (χ2n) is 8.30. The minimum absolute atomic E-state index is 0.0482. The Kier molecular flexibility index (Phi) is 9.36. The number of anilines is 2. The lowest BCUT2D eigenvalue weighted by Crippen LogP contribution is -2.38. The van der Waals surface area contributed by atoms with E-state index in [1.807, 2.05) is 0 Å². The Bertz CT molecular complexity index is 1330. The summed E-state index contributed by atoms with van der Waals surface area (Å²) in [7, 11) is 2.63. The second kappa shape index (κ2) is 12.2. The third kappa shape index (κ3) is 7.24. The van der Waals surface area contributed by atoms with E-state index < -0.39 is 47.3 Å². The molecular weight excluding hydrogens is 614 g/mol. The van der Waals surface area contributed by atoms with Gasteiger partial charge in [0.15, 0.2) is 11.5 Å². The number of rotatable bonds is 8. The number of hydrogen-bond acceptors (Lipinski definition) is 5. The summed E-state index contributed by atoms with van der Waals surface area (Å²) in [6.45, 7) is 0. The summed E-state index contributed by atoms with van der Waals surface area (Å²) in [5, 5.41) is 15.5. The molecule has 0 aromatic heterocycles. The second-order valence-corrected chi connectivity index (χ2v) is 9.15. The maximum atomic E-state index is 13.2. The zero-order chi connectivity index (χ0) is 29.8. The van der Waals surface area contributed by atoms with Gasteiger partial charge in [-0.1, -0.05) is 12.1 Å². The molecule has 0 fully saturated rings. The number of methoxy groups -OCH3 is 2. The van der Waals surface area contributed by atoms with Crippen LogP contribution in [0.5, 0.6) is 11.5 Å². The van der Waals surface area contributed by atoms with Crippen molar-refractivity contribution in [2.75, 3.05) is 24.9 Å². The van der Waals surface area contributed by atoms with E-state index in [1.54, 1.807) is 0 Å². The normalized spacial score (nSPS) is 12.6. The van der Waals surface area contributed by atoms with Gasteiger partial charge in [-0.25, -0.2) is 0 Å². The molecule has 1 atom stereocenters. The molecular formula is C26H21BrF6N2O5. The number of alkyl halides is 6. The van der Waals surface area contributed by atoms with Gasteiger partial charge in [-0.3, -0.25) is 9.59 Å². The van der Waals surface area contributed by atoms with Crippen LogP contribution < -0.4 is 20.1 Å². The number of aliphatic hydroxyl groups is 1. The van der Waals surface area contributed by atoms with Crippen molar-refractivity contribution in [3.63, 3.8) is 0 Å². The first-order valence-electron chi connectivity index (χ1n) is 11.2.